The van der Waals surface area contributed by atoms with Crippen LogP contribution in [-0.4, -0.2) is 62.9 Å². The molecule has 34 heavy (non-hydrogen) atoms. The number of carboxylic acid groups (broad SMARTS) is 1. The number of fused-ring (bicyclic) bond motifs is 1. The van der Waals surface area contributed by atoms with Crippen molar-refractivity contribution < 1.29 is 69.4 Å². The fourth-order valence-corrected chi connectivity index (χ4v) is 5.14. The molecule has 9 atom stereocenters. The van der Waals surface area contributed by atoms with Gasteiger partial charge in [-0.1, -0.05) is 26.8 Å². The zero-order valence-electron chi connectivity index (χ0n) is 21.4. The van der Waals surface area contributed by atoms with Crippen LogP contribution in [0.25, 0.3) is 0 Å². The molecule has 0 spiro atoms. The number of rotatable bonds is 10. The van der Waals surface area contributed by atoms with Crippen molar-refractivity contribution in [3.63, 3.8) is 0 Å². The van der Waals surface area contributed by atoms with Crippen LogP contribution in [0.3, 0.4) is 0 Å². The maximum absolute atomic E-state index is 12.9. The smallest absolute Gasteiger partial charge is 0.550 e. The predicted molar refractivity (Wildman–Crippen MR) is 119 cm³/mol. The van der Waals surface area contributed by atoms with Crippen molar-refractivity contribution in [2.24, 2.45) is 29.1 Å². The summed E-state index contributed by atoms with van der Waals surface area (Å²) >= 11 is 0. The van der Waals surface area contributed by atoms with Gasteiger partial charge in [-0.2, -0.15) is 0 Å². The standard InChI is InChI=1S/C25H42O8.Na/c1-6-25(4,5)24(32)33-20-9-13(2)23(31)18-12-19(28)14(3)17(22(18)20)8-7-15(26)10-16(27)11-21(29)30;/h12-17,19-20,22-23,26-28,31H,6-11H2,1-5H3,(H,29,30);/q;+1/p-1/t13-,14-,15-,16-,17+,19?,20+,22-,23?;/m1./s1. The molecular formula is C25H41NaO8. The number of aliphatic hydroxyl groups is 4. The Morgan fingerprint density at radius 1 is 1.21 bits per heavy atom. The number of hydrogen-bond acceptors (Lipinski definition) is 8. The Kier molecular flexibility index (Phi) is 12.2. The van der Waals surface area contributed by atoms with Crippen LogP contribution in [-0.2, 0) is 14.3 Å². The normalized spacial score (nSPS) is 33.1. The maximum Gasteiger partial charge on any atom is 1.00 e. The number of ether oxygens (including phenoxy) is 1. The van der Waals surface area contributed by atoms with Crippen molar-refractivity contribution in [2.45, 2.75) is 104 Å². The average Bonchev–Trinajstić information content (AvgIpc) is 2.71. The molecule has 0 amide bonds. The molecule has 0 saturated heterocycles. The largest absolute Gasteiger partial charge is 1.00 e. The van der Waals surface area contributed by atoms with E-state index in [1.807, 2.05) is 34.6 Å². The summed E-state index contributed by atoms with van der Waals surface area (Å²) in [4.78, 5) is 23.5. The summed E-state index contributed by atoms with van der Waals surface area (Å²) in [5, 5.41) is 52.4. The van der Waals surface area contributed by atoms with Crippen LogP contribution in [0.4, 0.5) is 0 Å². The number of esters is 1. The first kappa shape index (κ1) is 31.5. The second-order valence-electron chi connectivity index (χ2n) is 10.7. The second kappa shape index (κ2) is 13.2. The molecule has 0 aromatic carbocycles. The molecular weight excluding hydrogens is 451 g/mol. The number of aliphatic hydroxyl groups excluding tert-OH is 4. The molecule has 4 N–H and O–H groups in total. The van der Waals surface area contributed by atoms with Crippen molar-refractivity contribution >= 4 is 11.9 Å². The Bertz CT molecular complexity index is 724. The van der Waals surface area contributed by atoms with E-state index in [4.69, 9.17) is 4.74 Å². The first-order chi connectivity index (χ1) is 15.3. The molecule has 0 aliphatic heterocycles. The first-order valence-electron chi connectivity index (χ1n) is 12.1. The monoisotopic (exact) mass is 492 g/mol. The number of carbonyl (C=O) groups is 2. The number of carbonyl (C=O) groups excluding carboxylic acids is 2. The van der Waals surface area contributed by atoms with Gasteiger partial charge in [0.05, 0.1) is 29.8 Å². The van der Waals surface area contributed by atoms with Gasteiger partial charge in [0.25, 0.3) is 0 Å². The van der Waals surface area contributed by atoms with Gasteiger partial charge in [-0.25, -0.2) is 0 Å². The summed E-state index contributed by atoms with van der Waals surface area (Å²) in [5.74, 6) is -2.45. The van der Waals surface area contributed by atoms with Gasteiger partial charge < -0.3 is 35.1 Å². The van der Waals surface area contributed by atoms with Crippen molar-refractivity contribution in [3.8, 4) is 0 Å². The Hall–Kier alpha value is -0.480. The van der Waals surface area contributed by atoms with E-state index in [0.717, 1.165) is 0 Å². The Labute approximate surface area is 225 Å². The van der Waals surface area contributed by atoms with Gasteiger partial charge in [0, 0.05) is 18.3 Å². The minimum Gasteiger partial charge on any atom is -0.550 e. The van der Waals surface area contributed by atoms with Crippen molar-refractivity contribution in [1.29, 1.82) is 0 Å². The van der Waals surface area contributed by atoms with E-state index >= 15 is 0 Å². The quantitative estimate of drug-likeness (QED) is 0.155. The fraction of sp³-hybridized carbons (Fsp3) is 0.840. The van der Waals surface area contributed by atoms with E-state index in [1.165, 1.54) is 0 Å². The van der Waals surface area contributed by atoms with E-state index in [1.54, 1.807) is 6.08 Å². The van der Waals surface area contributed by atoms with Crippen LogP contribution in [0.2, 0.25) is 0 Å². The number of aliphatic carboxylic acids is 1. The summed E-state index contributed by atoms with van der Waals surface area (Å²) in [5.41, 5.74) is 0.0482. The van der Waals surface area contributed by atoms with Crippen molar-refractivity contribution in [3.05, 3.63) is 11.6 Å². The molecule has 0 heterocycles. The molecule has 2 rings (SSSR count). The van der Waals surface area contributed by atoms with E-state index in [2.05, 4.69) is 0 Å². The Morgan fingerprint density at radius 3 is 2.38 bits per heavy atom. The number of carboxylic acids is 1. The third kappa shape index (κ3) is 7.76. The van der Waals surface area contributed by atoms with Crippen LogP contribution in [0.15, 0.2) is 11.6 Å². The van der Waals surface area contributed by atoms with E-state index in [-0.39, 0.29) is 72.0 Å². The minimum atomic E-state index is -1.38. The molecule has 0 aromatic heterocycles. The van der Waals surface area contributed by atoms with Gasteiger partial charge in [-0.05, 0) is 69.3 Å². The molecule has 190 valence electrons. The molecule has 2 aliphatic rings. The molecule has 0 radical (unpaired) electrons. The fourth-order valence-electron chi connectivity index (χ4n) is 5.14. The van der Waals surface area contributed by atoms with Crippen LogP contribution in [0, 0.1) is 29.1 Å². The Balaban J connectivity index is 0.00000578. The summed E-state index contributed by atoms with van der Waals surface area (Å²) < 4.78 is 6.02. The third-order valence-corrected chi connectivity index (χ3v) is 7.78. The molecule has 2 unspecified atom stereocenters. The molecule has 1 fully saturated rings. The summed E-state index contributed by atoms with van der Waals surface area (Å²) in [7, 11) is 0. The van der Waals surface area contributed by atoms with Crippen LogP contribution < -0.4 is 34.7 Å². The molecule has 0 aromatic rings. The van der Waals surface area contributed by atoms with Crippen molar-refractivity contribution in [1.82, 2.24) is 0 Å². The topological polar surface area (TPSA) is 147 Å². The summed E-state index contributed by atoms with van der Waals surface area (Å²) in [6.07, 6.45) is -1.16. The minimum absolute atomic E-state index is 0. The Morgan fingerprint density at radius 2 is 1.82 bits per heavy atom. The molecule has 1 saturated carbocycles. The summed E-state index contributed by atoms with van der Waals surface area (Å²) in [6.45, 7) is 9.41. The number of hydrogen-bond donors (Lipinski definition) is 4. The maximum atomic E-state index is 12.9. The van der Waals surface area contributed by atoms with Gasteiger partial charge in [0.15, 0.2) is 0 Å². The van der Waals surface area contributed by atoms with E-state index in [9.17, 15) is 35.1 Å². The third-order valence-electron chi connectivity index (χ3n) is 7.78. The first-order valence-corrected chi connectivity index (χ1v) is 12.1. The molecule has 2 aliphatic carbocycles. The molecule has 8 nitrogen and oxygen atoms in total. The second-order valence-corrected chi connectivity index (χ2v) is 10.7. The molecule has 9 heteroatoms. The van der Waals surface area contributed by atoms with Gasteiger partial charge in [-0.15, -0.1) is 0 Å². The van der Waals surface area contributed by atoms with Crippen molar-refractivity contribution in [2.75, 3.05) is 0 Å². The summed E-state index contributed by atoms with van der Waals surface area (Å²) in [6, 6.07) is 0. The average molecular weight is 493 g/mol. The van der Waals surface area contributed by atoms with Gasteiger partial charge in [0.2, 0.25) is 0 Å². The van der Waals surface area contributed by atoms with Gasteiger partial charge in [-0.3, -0.25) is 4.79 Å². The van der Waals surface area contributed by atoms with E-state index in [0.29, 0.717) is 24.8 Å². The zero-order valence-corrected chi connectivity index (χ0v) is 23.4. The zero-order chi connectivity index (χ0) is 25.1. The van der Waals surface area contributed by atoms with Crippen LogP contribution in [0.5, 0.6) is 0 Å². The van der Waals surface area contributed by atoms with E-state index < -0.39 is 48.3 Å². The van der Waals surface area contributed by atoms with Crippen LogP contribution >= 0.6 is 0 Å². The predicted octanol–water partition coefficient (Wildman–Crippen LogP) is -2.06. The SMILES string of the molecule is CCC(C)(C)C(=O)O[C@H]1C[C@@H](C)C(O)C2=CC(O)[C@H](C)[C@H](CC[C@@H](O)C[C@@H](O)CC(=O)[O-])[C@H]21.[Na+]. The van der Waals surface area contributed by atoms with Gasteiger partial charge >= 0.3 is 35.5 Å². The molecule has 0 bridgehead atoms. The van der Waals surface area contributed by atoms with Crippen LogP contribution in [0.1, 0.15) is 73.1 Å². The van der Waals surface area contributed by atoms with Gasteiger partial charge in [0.1, 0.15) is 6.10 Å².